The van der Waals surface area contributed by atoms with E-state index in [1.807, 2.05) is 36.4 Å². The minimum Gasteiger partial charge on any atom is -0.506 e. The van der Waals surface area contributed by atoms with Gasteiger partial charge < -0.3 is 15.2 Å². The molecule has 0 amide bonds. The van der Waals surface area contributed by atoms with Crippen LogP contribution in [0.3, 0.4) is 0 Å². The molecule has 0 radical (unpaired) electrons. The summed E-state index contributed by atoms with van der Waals surface area (Å²) in [4.78, 5) is 0. The molecule has 0 saturated carbocycles. The Bertz CT molecular complexity index is 1110. The van der Waals surface area contributed by atoms with Crippen molar-refractivity contribution in [3.05, 3.63) is 71.0 Å². The Morgan fingerprint density at radius 1 is 1.11 bits per heavy atom. The Morgan fingerprint density at radius 3 is 2.81 bits per heavy atom. The smallest absolute Gasteiger partial charge is 0.178 e. The summed E-state index contributed by atoms with van der Waals surface area (Å²) in [6, 6.07) is 16.3. The van der Waals surface area contributed by atoms with Gasteiger partial charge >= 0.3 is 0 Å². The van der Waals surface area contributed by atoms with Crippen LogP contribution in [0.1, 0.15) is 11.4 Å². The van der Waals surface area contributed by atoms with Crippen molar-refractivity contribution in [1.82, 2.24) is 19.8 Å². The minimum atomic E-state index is 0.0504. The van der Waals surface area contributed by atoms with Gasteiger partial charge in [0.15, 0.2) is 17.3 Å². The van der Waals surface area contributed by atoms with Gasteiger partial charge in [0.2, 0.25) is 0 Å². The van der Waals surface area contributed by atoms with E-state index in [-0.39, 0.29) is 5.75 Å². The van der Waals surface area contributed by atoms with Gasteiger partial charge in [-0.3, -0.25) is 0 Å². The number of rotatable bonds is 5. The third-order valence-corrected chi connectivity index (χ3v) is 4.35. The molecular formula is C19H16ClN5O2. The fourth-order valence-corrected chi connectivity index (χ4v) is 2.91. The summed E-state index contributed by atoms with van der Waals surface area (Å²) in [6.45, 7) is 0. The Morgan fingerprint density at radius 2 is 2.00 bits per heavy atom. The second kappa shape index (κ2) is 7.13. The quantitative estimate of drug-likeness (QED) is 0.546. The Hall–Kier alpha value is -3.32. The molecule has 0 bridgehead atoms. The molecule has 2 heterocycles. The third kappa shape index (κ3) is 3.63. The molecule has 8 heteroatoms. The molecule has 0 saturated heterocycles. The number of fused-ring (bicyclic) bond motifs is 1. The van der Waals surface area contributed by atoms with Gasteiger partial charge in [-0.25, -0.2) is 0 Å². The van der Waals surface area contributed by atoms with Crippen LogP contribution in [0.25, 0.3) is 5.65 Å². The van der Waals surface area contributed by atoms with E-state index in [9.17, 15) is 5.11 Å². The van der Waals surface area contributed by atoms with Gasteiger partial charge in [-0.2, -0.15) is 4.52 Å². The normalized spacial score (nSPS) is 10.9. The number of nitrogens with zero attached hydrogens (tertiary/aromatic N) is 4. The van der Waals surface area contributed by atoms with Crippen LogP contribution in [0.2, 0.25) is 5.02 Å². The number of ether oxygens (including phenoxy) is 1. The SMILES string of the molecule is COc1cccc(Nc2ccc3nnc(Cc4ccc(O)c(Cl)c4)n3n2)c1. The van der Waals surface area contributed by atoms with Gasteiger partial charge in [-0.1, -0.05) is 23.7 Å². The first kappa shape index (κ1) is 17.1. The summed E-state index contributed by atoms with van der Waals surface area (Å²) in [5, 5.41) is 26.1. The standard InChI is InChI=1S/C19H16ClN5O2/c1-27-14-4-2-3-13(11-14)21-17-7-8-18-22-23-19(25(18)24-17)10-12-5-6-16(26)15(20)9-12/h2-9,11,26H,10H2,1H3,(H,21,24). The van der Waals surface area contributed by atoms with Crippen molar-refractivity contribution in [2.75, 3.05) is 12.4 Å². The van der Waals surface area contributed by atoms with Crippen molar-refractivity contribution < 1.29 is 9.84 Å². The molecule has 7 nitrogen and oxygen atoms in total. The number of halogens is 1. The topological polar surface area (TPSA) is 84.6 Å². The lowest BCUT2D eigenvalue weighted by molar-refractivity contribution is 0.415. The summed E-state index contributed by atoms with van der Waals surface area (Å²) in [5.41, 5.74) is 2.41. The van der Waals surface area contributed by atoms with Crippen molar-refractivity contribution in [3.8, 4) is 11.5 Å². The molecule has 2 aromatic heterocycles. The van der Waals surface area contributed by atoms with Crippen molar-refractivity contribution in [3.63, 3.8) is 0 Å². The van der Waals surface area contributed by atoms with Crippen LogP contribution in [0.5, 0.6) is 11.5 Å². The van der Waals surface area contributed by atoms with E-state index < -0.39 is 0 Å². The lowest BCUT2D eigenvalue weighted by atomic mass is 10.1. The Labute approximate surface area is 160 Å². The molecule has 0 aliphatic heterocycles. The molecule has 0 atom stereocenters. The van der Waals surface area contributed by atoms with Gasteiger partial charge in [0, 0.05) is 18.2 Å². The van der Waals surface area contributed by atoms with E-state index in [0.29, 0.717) is 28.7 Å². The van der Waals surface area contributed by atoms with E-state index in [1.54, 1.807) is 29.8 Å². The van der Waals surface area contributed by atoms with Crippen molar-refractivity contribution >= 4 is 28.8 Å². The highest BCUT2D eigenvalue weighted by Gasteiger charge is 2.10. The summed E-state index contributed by atoms with van der Waals surface area (Å²) in [6.07, 6.45) is 0.483. The van der Waals surface area contributed by atoms with Crippen molar-refractivity contribution in [2.24, 2.45) is 0 Å². The van der Waals surface area contributed by atoms with Gasteiger partial charge in [-0.15, -0.1) is 15.3 Å². The number of hydrogen-bond donors (Lipinski definition) is 2. The fourth-order valence-electron chi connectivity index (χ4n) is 2.70. The largest absolute Gasteiger partial charge is 0.506 e. The van der Waals surface area contributed by atoms with Crippen LogP contribution in [0.15, 0.2) is 54.6 Å². The highest BCUT2D eigenvalue weighted by molar-refractivity contribution is 6.32. The number of phenols is 1. The van der Waals surface area contributed by atoms with Crippen molar-refractivity contribution in [1.29, 1.82) is 0 Å². The van der Waals surface area contributed by atoms with Crippen LogP contribution < -0.4 is 10.1 Å². The van der Waals surface area contributed by atoms with Crippen molar-refractivity contribution in [2.45, 2.75) is 6.42 Å². The molecule has 0 unspecified atom stereocenters. The van der Waals surface area contributed by atoms with Gasteiger partial charge in [-0.05, 0) is 42.0 Å². The molecule has 0 spiro atoms. The summed E-state index contributed by atoms with van der Waals surface area (Å²) in [7, 11) is 1.63. The van der Waals surface area contributed by atoms with E-state index in [4.69, 9.17) is 16.3 Å². The molecule has 2 N–H and O–H groups in total. The molecule has 0 fully saturated rings. The number of aromatic hydroxyl groups is 1. The zero-order valence-corrected chi connectivity index (χ0v) is 15.2. The highest BCUT2D eigenvalue weighted by Crippen LogP contribution is 2.25. The molecule has 4 rings (SSSR count). The average molecular weight is 382 g/mol. The second-order valence-electron chi connectivity index (χ2n) is 5.92. The number of benzene rings is 2. The zero-order chi connectivity index (χ0) is 18.8. The van der Waals surface area contributed by atoms with E-state index >= 15 is 0 Å². The van der Waals surface area contributed by atoms with E-state index in [0.717, 1.165) is 17.0 Å². The van der Waals surface area contributed by atoms with E-state index in [1.165, 1.54) is 0 Å². The first-order valence-corrected chi connectivity index (χ1v) is 8.60. The number of hydrogen-bond acceptors (Lipinski definition) is 6. The third-order valence-electron chi connectivity index (χ3n) is 4.04. The monoisotopic (exact) mass is 381 g/mol. The van der Waals surface area contributed by atoms with Gasteiger partial charge in [0.1, 0.15) is 11.5 Å². The summed E-state index contributed by atoms with van der Waals surface area (Å²) >= 11 is 5.98. The number of methoxy groups -OCH3 is 1. The van der Waals surface area contributed by atoms with Crippen LogP contribution >= 0.6 is 11.6 Å². The molecule has 2 aromatic carbocycles. The Kier molecular flexibility index (Phi) is 4.52. The van der Waals surface area contributed by atoms with Crippen LogP contribution in [0, 0.1) is 0 Å². The maximum Gasteiger partial charge on any atom is 0.178 e. The predicted octanol–water partition coefficient (Wildman–Crippen LogP) is 3.83. The zero-order valence-electron chi connectivity index (χ0n) is 14.4. The summed E-state index contributed by atoms with van der Waals surface area (Å²) in [5.74, 6) is 2.13. The maximum atomic E-state index is 9.56. The van der Waals surface area contributed by atoms with Crippen LogP contribution in [-0.4, -0.2) is 32.0 Å². The molecule has 0 aliphatic rings. The van der Waals surface area contributed by atoms with Gasteiger partial charge in [0.25, 0.3) is 0 Å². The van der Waals surface area contributed by atoms with E-state index in [2.05, 4.69) is 20.6 Å². The molecule has 136 valence electrons. The summed E-state index contributed by atoms with van der Waals surface area (Å²) < 4.78 is 6.92. The fraction of sp³-hybridized carbons (Fsp3) is 0.105. The predicted molar refractivity (Wildman–Crippen MR) is 103 cm³/mol. The first-order valence-electron chi connectivity index (χ1n) is 8.22. The number of anilines is 2. The molecular weight excluding hydrogens is 366 g/mol. The maximum absolute atomic E-state index is 9.56. The van der Waals surface area contributed by atoms with Crippen LogP contribution in [0.4, 0.5) is 11.5 Å². The molecule has 0 aliphatic carbocycles. The van der Waals surface area contributed by atoms with Gasteiger partial charge in [0.05, 0.1) is 12.1 Å². The Balaban J connectivity index is 1.63. The number of nitrogens with one attached hydrogen (secondary N) is 1. The number of phenolic OH excluding ortho intramolecular Hbond substituents is 1. The first-order chi connectivity index (χ1) is 13.1. The highest BCUT2D eigenvalue weighted by atomic mass is 35.5. The second-order valence-corrected chi connectivity index (χ2v) is 6.33. The molecule has 4 aromatic rings. The average Bonchev–Trinajstić information content (AvgIpc) is 3.07. The number of aromatic nitrogens is 4. The lowest BCUT2D eigenvalue weighted by Crippen LogP contribution is -2.03. The molecule has 27 heavy (non-hydrogen) atoms. The minimum absolute atomic E-state index is 0.0504. The lowest BCUT2D eigenvalue weighted by Gasteiger charge is -2.08. The van der Waals surface area contributed by atoms with Crippen LogP contribution in [-0.2, 0) is 6.42 Å².